The van der Waals surface area contributed by atoms with Crippen LogP contribution in [0.15, 0.2) is 18.2 Å². The molecule has 0 fully saturated rings. The number of hydrazine groups is 1. The highest BCUT2D eigenvalue weighted by molar-refractivity contribution is 6.29. The summed E-state index contributed by atoms with van der Waals surface area (Å²) in [6, 6.07) is 2.82. The second-order valence-electron chi connectivity index (χ2n) is 3.04. The molecule has 0 spiro atoms. The molecule has 1 unspecified atom stereocenters. The van der Waals surface area contributed by atoms with Crippen molar-refractivity contribution in [3.05, 3.63) is 29.8 Å². The first-order valence-electron chi connectivity index (χ1n) is 4.81. The molecule has 0 aliphatic carbocycles. The third-order valence-electron chi connectivity index (χ3n) is 1.70. The van der Waals surface area contributed by atoms with E-state index in [9.17, 15) is 13.6 Å². The highest BCUT2D eigenvalue weighted by Gasteiger charge is 2.15. The number of hydrogen-bond donors (Lipinski definition) is 2. The first-order valence-corrected chi connectivity index (χ1v) is 5.25. The fourth-order valence-electron chi connectivity index (χ4n) is 1.05. The molecule has 0 saturated heterocycles. The molecule has 0 radical (unpaired) electrons. The Bertz CT molecular complexity index is 384. The van der Waals surface area contributed by atoms with Gasteiger partial charge in [-0.3, -0.25) is 0 Å². The van der Waals surface area contributed by atoms with Crippen molar-refractivity contribution in [3.63, 3.8) is 0 Å². The summed E-state index contributed by atoms with van der Waals surface area (Å²) in [5.41, 5.74) is 3.71. The average Bonchev–Trinajstić information content (AvgIpc) is 2.25. The van der Waals surface area contributed by atoms with E-state index in [1.807, 2.05) is 0 Å². The van der Waals surface area contributed by atoms with Crippen molar-refractivity contribution in [3.8, 4) is 0 Å². The average molecular weight is 265 g/mol. The molecule has 0 saturated carbocycles. The monoisotopic (exact) mass is 264 g/mol. The number of ether oxygens (including phenoxy) is 1. The van der Waals surface area contributed by atoms with Crippen molar-refractivity contribution in [2.45, 2.75) is 12.4 Å². The van der Waals surface area contributed by atoms with Gasteiger partial charge < -0.3 is 10.2 Å². The summed E-state index contributed by atoms with van der Waals surface area (Å²) in [7, 11) is 0. The van der Waals surface area contributed by atoms with Gasteiger partial charge in [-0.2, -0.15) is 0 Å². The van der Waals surface area contributed by atoms with Gasteiger partial charge in [0.05, 0.1) is 12.3 Å². The van der Waals surface area contributed by atoms with Gasteiger partial charge in [-0.1, -0.05) is 11.6 Å². The van der Waals surface area contributed by atoms with Crippen molar-refractivity contribution < 1.29 is 18.3 Å². The van der Waals surface area contributed by atoms with Crippen LogP contribution in [0.1, 0.15) is 6.92 Å². The fraction of sp³-hybridized carbons (Fsp3) is 0.300. The maximum absolute atomic E-state index is 12.8. The summed E-state index contributed by atoms with van der Waals surface area (Å²) in [5.74, 6) is -2.16. The van der Waals surface area contributed by atoms with Crippen LogP contribution in [-0.2, 0) is 9.53 Å². The lowest BCUT2D eigenvalue weighted by molar-refractivity contribution is -0.143. The molecule has 0 aromatic heterocycles. The van der Waals surface area contributed by atoms with Gasteiger partial charge in [-0.15, -0.1) is 0 Å². The molecule has 0 amide bonds. The minimum absolute atomic E-state index is 0.109. The highest BCUT2D eigenvalue weighted by atomic mass is 35.5. The summed E-state index contributed by atoms with van der Waals surface area (Å²) in [5, 5.41) is 0. The lowest BCUT2D eigenvalue weighted by Gasteiger charge is -2.12. The third kappa shape index (κ3) is 4.54. The third-order valence-corrected chi connectivity index (χ3v) is 1.99. The number of nitrogens with one attached hydrogen (secondary N) is 2. The number of halogens is 3. The van der Waals surface area contributed by atoms with Gasteiger partial charge in [0, 0.05) is 6.07 Å². The predicted molar refractivity (Wildman–Crippen MR) is 59.4 cm³/mol. The van der Waals surface area contributed by atoms with E-state index >= 15 is 0 Å². The molecule has 1 aromatic carbocycles. The molecule has 0 heterocycles. The van der Waals surface area contributed by atoms with Gasteiger partial charge in [0.1, 0.15) is 11.6 Å². The number of hydrogen-bond acceptors (Lipinski definition) is 4. The Morgan fingerprint density at radius 3 is 2.53 bits per heavy atom. The van der Waals surface area contributed by atoms with Crippen LogP contribution in [0.25, 0.3) is 0 Å². The number of esters is 1. The molecule has 4 nitrogen and oxygen atoms in total. The van der Waals surface area contributed by atoms with Crippen molar-refractivity contribution in [1.82, 2.24) is 5.43 Å². The molecule has 0 bridgehead atoms. The number of anilines is 1. The van der Waals surface area contributed by atoms with Crippen LogP contribution in [0.5, 0.6) is 0 Å². The van der Waals surface area contributed by atoms with Crippen LogP contribution >= 0.6 is 11.6 Å². The molecule has 0 aliphatic rings. The summed E-state index contributed by atoms with van der Waals surface area (Å²) in [6.45, 7) is 1.83. The van der Waals surface area contributed by atoms with Crippen LogP contribution in [-0.4, -0.2) is 18.1 Å². The maximum atomic E-state index is 12.8. The minimum Gasteiger partial charge on any atom is -0.464 e. The van der Waals surface area contributed by atoms with Gasteiger partial charge >= 0.3 is 5.97 Å². The Labute approximate surface area is 102 Å². The molecule has 1 rings (SSSR count). The summed E-state index contributed by atoms with van der Waals surface area (Å²) < 4.78 is 30.2. The molecule has 7 heteroatoms. The number of benzene rings is 1. The van der Waals surface area contributed by atoms with E-state index in [4.69, 9.17) is 11.6 Å². The number of carbonyl (C=O) groups excluding carboxylic acids is 1. The number of carbonyl (C=O) groups is 1. The zero-order valence-electron chi connectivity index (χ0n) is 8.97. The topological polar surface area (TPSA) is 50.4 Å². The second-order valence-corrected chi connectivity index (χ2v) is 3.48. The van der Waals surface area contributed by atoms with Crippen LogP contribution < -0.4 is 10.9 Å². The molecular weight excluding hydrogens is 254 g/mol. The summed E-state index contributed by atoms with van der Waals surface area (Å²) in [4.78, 5) is 11.1. The smallest absolute Gasteiger partial charge is 0.340 e. The summed E-state index contributed by atoms with van der Waals surface area (Å²) >= 11 is 5.60. The fourth-order valence-corrected chi connectivity index (χ4v) is 1.16. The van der Waals surface area contributed by atoms with Crippen LogP contribution in [0.3, 0.4) is 0 Å². The number of alkyl halides is 1. The van der Waals surface area contributed by atoms with E-state index in [0.717, 1.165) is 18.2 Å². The summed E-state index contributed by atoms with van der Waals surface area (Å²) in [6.07, 6.45) is 0. The van der Waals surface area contributed by atoms with Gasteiger partial charge in [0.2, 0.25) is 0 Å². The van der Waals surface area contributed by atoms with Gasteiger partial charge in [-0.25, -0.2) is 19.0 Å². The zero-order valence-corrected chi connectivity index (χ0v) is 9.72. The van der Waals surface area contributed by atoms with Crippen LogP contribution in [0.4, 0.5) is 14.5 Å². The van der Waals surface area contributed by atoms with Crippen LogP contribution in [0, 0.1) is 11.6 Å². The normalized spacial score (nSPS) is 12.0. The second kappa shape index (κ2) is 6.36. The Morgan fingerprint density at radius 1 is 1.41 bits per heavy atom. The van der Waals surface area contributed by atoms with E-state index < -0.39 is 23.1 Å². The quantitative estimate of drug-likeness (QED) is 0.370. The largest absolute Gasteiger partial charge is 0.464 e. The molecule has 17 heavy (non-hydrogen) atoms. The Morgan fingerprint density at radius 2 is 2.00 bits per heavy atom. The molecular formula is C10H11ClF2N2O2. The van der Waals surface area contributed by atoms with Gasteiger partial charge in [-0.05, 0) is 19.1 Å². The first-order chi connectivity index (χ1) is 8.02. The SMILES string of the molecule is CCOC(=O)C(Cl)NNc1cc(F)cc(F)c1. The van der Waals surface area contributed by atoms with Gasteiger partial charge in [0.15, 0.2) is 5.50 Å². The van der Waals surface area contributed by atoms with E-state index in [1.54, 1.807) is 6.92 Å². The molecule has 1 atom stereocenters. The Balaban J connectivity index is 2.52. The van der Waals surface area contributed by atoms with Crippen molar-refractivity contribution in [2.24, 2.45) is 0 Å². The predicted octanol–water partition coefficient (Wildman–Crippen LogP) is 2.01. The zero-order chi connectivity index (χ0) is 12.8. The van der Waals surface area contributed by atoms with E-state index in [0.29, 0.717) is 0 Å². The molecule has 2 N–H and O–H groups in total. The standard InChI is InChI=1S/C10H11ClF2N2O2/c1-2-17-10(16)9(11)15-14-8-4-6(12)3-7(13)5-8/h3-5,9,14-15H,2H2,1H3. The molecule has 1 aromatic rings. The maximum Gasteiger partial charge on any atom is 0.340 e. The van der Waals surface area contributed by atoms with E-state index in [1.165, 1.54) is 0 Å². The lowest BCUT2D eigenvalue weighted by Crippen LogP contribution is -2.37. The lowest BCUT2D eigenvalue weighted by atomic mass is 10.3. The highest BCUT2D eigenvalue weighted by Crippen LogP contribution is 2.12. The van der Waals surface area contributed by atoms with E-state index in [-0.39, 0.29) is 12.3 Å². The Hall–Kier alpha value is -1.40. The van der Waals surface area contributed by atoms with Crippen LogP contribution in [0.2, 0.25) is 0 Å². The van der Waals surface area contributed by atoms with Crippen molar-refractivity contribution in [1.29, 1.82) is 0 Å². The van der Waals surface area contributed by atoms with Gasteiger partial charge in [0.25, 0.3) is 0 Å². The van der Waals surface area contributed by atoms with E-state index in [2.05, 4.69) is 15.6 Å². The molecule has 0 aliphatic heterocycles. The molecule has 94 valence electrons. The van der Waals surface area contributed by atoms with Crippen molar-refractivity contribution in [2.75, 3.05) is 12.0 Å². The van der Waals surface area contributed by atoms with Crippen molar-refractivity contribution >= 4 is 23.3 Å². The Kier molecular flexibility index (Phi) is 5.11. The number of rotatable bonds is 5. The minimum atomic E-state index is -1.15. The first kappa shape index (κ1) is 13.7.